The molecule has 0 aliphatic heterocycles. The molecule has 0 aromatic heterocycles. The summed E-state index contributed by atoms with van der Waals surface area (Å²) in [5, 5.41) is 0. The molecule has 0 spiro atoms. The maximum absolute atomic E-state index is 12.2. The molecule has 88 valence electrons. The van der Waals surface area contributed by atoms with Crippen LogP contribution in [-0.4, -0.2) is 12.5 Å². The Balaban J connectivity index is 2.35. The topological polar surface area (TPSA) is 64.4 Å². The van der Waals surface area contributed by atoms with Gasteiger partial charge in [-0.3, -0.25) is 9.63 Å². The van der Waals surface area contributed by atoms with Crippen LogP contribution >= 0.6 is 0 Å². The smallest absolute Gasteiger partial charge is 0.263 e. The predicted molar refractivity (Wildman–Crippen MR) is 53.4 cm³/mol. The highest BCUT2D eigenvalue weighted by Gasteiger charge is 2.05. The average molecular weight is 230 g/mol. The van der Waals surface area contributed by atoms with Crippen LogP contribution < -0.4 is 11.2 Å². The summed E-state index contributed by atoms with van der Waals surface area (Å²) in [5.74, 6) is -0.583. The molecule has 1 aromatic carbocycles. The fraction of sp³-hybridized carbons (Fsp3) is 0.300. The summed E-state index contributed by atoms with van der Waals surface area (Å²) >= 11 is 0. The number of amides is 1. The summed E-state index contributed by atoms with van der Waals surface area (Å²) < 4.78 is 24.4. The van der Waals surface area contributed by atoms with Gasteiger partial charge in [0.15, 0.2) is 0 Å². The van der Waals surface area contributed by atoms with Gasteiger partial charge in [0.25, 0.3) is 6.43 Å². The van der Waals surface area contributed by atoms with E-state index in [-0.39, 0.29) is 12.2 Å². The van der Waals surface area contributed by atoms with Gasteiger partial charge in [-0.1, -0.05) is 24.3 Å². The highest BCUT2D eigenvalue weighted by Crippen LogP contribution is 2.18. The number of hydrogen-bond donors (Lipinski definition) is 2. The lowest BCUT2D eigenvalue weighted by molar-refractivity contribution is -0.125. The lowest BCUT2D eigenvalue weighted by atomic mass is 10.1. The summed E-state index contributed by atoms with van der Waals surface area (Å²) in [6, 6.07) is 5.80. The van der Waals surface area contributed by atoms with E-state index in [2.05, 4.69) is 5.48 Å². The lowest BCUT2D eigenvalue weighted by Crippen LogP contribution is -2.24. The molecule has 0 heterocycles. The minimum atomic E-state index is -2.46. The number of rotatable bonds is 6. The van der Waals surface area contributed by atoms with Gasteiger partial charge in [0.2, 0.25) is 5.91 Å². The van der Waals surface area contributed by atoms with Crippen LogP contribution in [-0.2, 0) is 16.2 Å². The van der Waals surface area contributed by atoms with Crippen LogP contribution in [0.4, 0.5) is 8.78 Å². The van der Waals surface area contributed by atoms with Crippen LogP contribution in [0.3, 0.4) is 0 Å². The standard InChI is InChI=1S/C10H12F2N2O2/c11-10(12)8-3-1-7(2-4-8)5-14-16-6-9(13)15/h1-4,10,14H,5-6H2,(H2,13,15). The number of carbonyl (C=O) groups is 1. The molecule has 3 N–H and O–H groups in total. The number of nitrogens with two attached hydrogens (primary N) is 1. The second-order valence-electron chi connectivity index (χ2n) is 3.12. The first-order chi connectivity index (χ1) is 7.59. The highest BCUT2D eigenvalue weighted by molar-refractivity contribution is 5.74. The van der Waals surface area contributed by atoms with E-state index in [1.165, 1.54) is 12.1 Å². The molecule has 0 fully saturated rings. The van der Waals surface area contributed by atoms with Crippen LogP contribution in [0.25, 0.3) is 0 Å². The number of carbonyl (C=O) groups excluding carboxylic acids is 1. The van der Waals surface area contributed by atoms with Gasteiger partial charge < -0.3 is 5.73 Å². The molecule has 16 heavy (non-hydrogen) atoms. The highest BCUT2D eigenvalue weighted by atomic mass is 19.3. The van der Waals surface area contributed by atoms with Gasteiger partial charge in [-0.05, 0) is 5.56 Å². The van der Waals surface area contributed by atoms with E-state index in [0.717, 1.165) is 5.56 Å². The number of alkyl halides is 2. The van der Waals surface area contributed by atoms with E-state index in [1.54, 1.807) is 12.1 Å². The first-order valence-corrected chi connectivity index (χ1v) is 4.59. The average Bonchev–Trinajstić information content (AvgIpc) is 2.25. The van der Waals surface area contributed by atoms with Crippen molar-refractivity contribution >= 4 is 5.91 Å². The molecule has 0 saturated carbocycles. The second kappa shape index (κ2) is 6.14. The maximum Gasteiger partial charge on any atom is 0.263 e. The molecule has 0 radical (unpaired) electrons. The van der Waals surface area contributed by atoms with E-state index in [1.807, 2.05) is 0 Å². The van der Waals surface area contributed by atoms with Crippen LogP contribution in [0.1, 0.15) is 17.6 Å². The molecule has 1 aromatic rings. The van der Waals surface area contributed by atoms with Crippen molar-refractivity contribution in [2.75, 3.05) is 6.61 Å². The Hall–Kier alpha value is -1.53. The number of halogens is 2. The molecule has 0 atom stereocenters. The lowest BCUT2D eigenvalue weighted by Gasteiger charge is -2.05. The normalized spacial score (nSPS) is 10.7. The number of primary amides is 1. The minimum absolute atomic E-state index is 0.0261. The second-order valence-corrected chi connectivity index (χ2v) is 3.12. The zero-order valence-corrected chi connectivity index (χ0v) is 8.45. The summed E-state index contributed by atoms with van der Waals surface area (Å²) in [5.41, 5.74) is 8.08. The predicted octanol–water partition coefficient (Wildman–Crippen LogP) is 1.13. The van der Waals surface area contributed by atoms with Crippen molar-refractivity contribution < 1.29 is 18.4 Å². The van der Waals surface area contributed by atoms with Crippen LogP contribution in [0.2, 0.25) is 0 Å². The van der Waals surface area contributed by atoms with Gasteiger partial charge in [-0.2, -0.15) is 5.48 Å². The monoisotopic (exact) mass is 230 g/mol. The Kier molecular flexibility index (Phi) is 4.81. The summed E-state index contributed by atoms with van der Waals surface area (Å²) in [6.07, 6.45) is -2.46. The van der Waals surface area contributed by atoms with Gasteiger partial charge in [0, 0.05) is 12.1 Å². The van der Waals surface area contributed by atoms with Crippen molar-refractivity contribution in [1.82, 2.24) is 5.48 Å². The first-order valence-electron chi connectivity index (χ1n) is 4.59. The number of hydrogen-bond acceptors (Lipinski definition) is 3. The third kappa shape index (κ3) is 4.33. The van der Waals surface area contributed by atoms with E-state index < -0.39 is 12.3 Å². The molecule has 6 heteroatoms. The molecule has 0 bridgehead atoms. The van der Waals surface area contributed by atoms with Crippen molar-refractivity contribution in [1.29, 1.82) is 0 Å². The van der Waals surface area contributed by atoms with Gasteiger partial charge in [0.05, 0.1) is 0 Å². The van der Waals surface area contributed by atoms with Crippen LogP contribution in [0.5, 0.6) is 0 Å². The fourth-order valence-electron chi connectivity index (χ4n) is 1.04. The number of benzene rings is 1. The Morgan fingerprint density at radius 3 is 2.50 bits per heavy atom. The zero-order valence-electron chi connectivity index (χ0n) is 8.45. The van der Waals surface area contributed by atoms with E-state index >= 15 is 0 Å². The van der Waals surface area contributed by atoms with Crippen molar-refractivity contribution in [3.05, 3.63) is 35.4 Å². The summed E-state index contributed by atoms with van der Waals surface area (Å²) in [6.45, 7) is 0.0892. The van der Waals surface area contributed by atoms with Gasteiger partial charge in [-0.25, -0.2) is 8.78 Å². The molecule has 1 amide bonds. The van der Waals surface area contributed by atoms with Crippen LogP contribution in [0, 0.1) is 0 Å². The van der Waals surface area contributed by atoms with E-state index in [4.69, 9.17) is 10.6 Å². The van der Waals surface area contributed by atoms with Crippen molar-refractivity contribution in [3.8, 4) is 0 Å². The molecule has 0 aliphatic carbocycles. The molecule has 0 unspecified atom stereocenters. The van der Waals surface area contributed by atoms with Crippen molar-refractivity contribution in [2.45, 2.75) is 13.0 Å². The fourth-order valence-corrected chi connectivity index (χ4v) is 1.04. The van der Waals surface area contributed by atoms with Crippen molar-refractivity contribution in [3.63, 3.8) is 0 Å². The zero-order chi connectivity index (χ0) is 12.0. The molecule has 0 saturated heterocycles. The SMILES string of the molecule is NC(=O)CONCc1ccc(C(F)F)cc1. The third-order valence-corrected chi connectivity index (χ3v) is 1.82. The largest absolute Gasteiger partial charge is 0.368 e. The molecule has 1 rings (SSSR count). The van der Waals surface area contributed by atoms with Gasteiger partial charge >= 0.3 is 0 Å². The van der Waals surface area contributed by atoms with Crippen LogP contribution in [0.15, 0.2) is 24.3 Å². The first kappa shape index (κ1) is 12.5. The van der Waals surface area contributed by atoms with Crippen molar-refractivity contribution in [2.24, 2.45) is 5.73 Å². The Bertz CT molecular complexity index is 341. The molecule has 4 nitrogen and oxygen atoms in total. The summed E-state index contributed by atoms with van der Waals surface area (Å²) in [7, 11) is 0. The quantitative estimate of drug-likeness (QED) is 0.568. The third-order valence-electron chi connectivity index (χ3n) is 1.82. The summed E-state index contributed by atoms with van der Waals surface area (Å²) in [4.78, 5) is 15.0. The van der Waals surface area contributed by atoms with E-state index in [0.29, 0.717) is 6.54 Å². The number of nitrogens with one attached hydrogen (secondary N) is 1. The molecular formula is C10H12F2N2O2. The Labute approximate surface area is 91.3 Å². The number of hydroxylamine groups is 1. The maximum atomic E-state index is 12.2. The Morgan fingerprint density at radius 2 is 2.00 bits per heavy atom. The van der Waals surface area contributed by atoms with Gasteiger partial charge in [-0.15, -0.1) is 0 Å². The van der Waals surface area contributed by atoms with Gasteiger partial charge in [0.1, 0.15) is 6.61 Å². The molecule has 0 aliphatic rings. The van der Waals surface area contributed by atoms with E-state index in [9.17, 15) is 13.6 Å². The molecular weight excluding hydrogens is 218 g/mol. The Morgan fingerprint density at radius 1 is 1.38 bits per heavy atom. The minimum Gasteiger partial charge on any atom is -0.368 e.